The number of carbonyl (C=O) groups excluding carboxylic acids is 1. The Balaban J connectivity index is 1.36. The SMILES string of the molecule is Cc1ccc2oc(-c3cccc(NC(=O)c4ccc(-c5cccc([N+](=O)[O-])c5)o4)c3)nc2c1. The van der Waals surface area contributed by atoms with Gasteiger partial charge < -0.3 is 14.2 Å². The van der Waals surface area contributed by atoms with E-state index in [1.807, 2.05) is 31.2 Å². The maximum Gasteiger partial charge on any atom is 0.291 e. The number of oxazole rings is 1. The minimum Gasteiger partial charge on any atom is -0.451 e. The van der Waals surface area contributed by atoms with Gasteiger partial charge in [0.25, 0.3) is 11.6 Å². The third-order valence-electron chi connectivity index (χ3n) is 5.08. The first-order valence-corrected chi connectivity index (χ1v) is 10.1. The van der Waals surface area contributed by atoms with Crippen molar-refractivity contribution in [3.63, 3.8) is 0 Å². The number of anilines is 1. The summed E-state index contributed by atoms with van der Waals surface area (Å²) in [5.41, 5.74) is 4.27. The first kappa shape index (κ1) is 20.2. The third kappa shape index (κ3) is 4.09. The zero-order valence-corrected chi connectivity index (χ0v) is 17.4. The number of hydrogen-bond acceptors (Lipinski definition) is 6. The Morgan fingerprint density at radius 3 is 2.61 bits per heavy atom. The summed E-state index contributed by atoms with van der Waals surface area (Å²) in [5, 5.41) is 13.8. The Morgan fingerprint density at radius 1 is 0.939 bits per heavy atom. The lowest BCUT2D eigenvalue weighted by atomic mass is 10.1. The molecule has 162 valence electrons. The summed E-state index contributed by atoms with van der Waals surface area (Å²) < 4.78 is 11.5. The van der Waals surface area contributed by atoms with Gasteiger partial charge in [-0.1, -0.05) is 24.3 Å². The van der Waals surface area contributed by atoms with Crippen molar-refractivity contribution in [1.82, 2.24) is 4.98 Å². The molecule has 0 saturated carbocycles. The molecule has 0 spiro atoms. The summed E-state index contributed by atoms with van der Waals surface area (Å²) in [5.74, 6) is 0.452. The van der Waals surface area contributed by atoms with Crippen LogP contribution >= 0.6 is 0 Å². The summed E-state index contributed by atoms with van der Waals surface area (Å²) in [4.78, 5) is 27.8. The molecule has 1 N–H and O–H groups in total. The maximum absolute atomic E-state index is 12.7. The second-order valence-corrected chi connectivity index (χ2v) is 7.50. The van der Waals surface area contributed by atoms with Gasteiger partial charge in [0.1, 0.15) is 11.3 Å². The number of carbonyl (C=O) groups is 1. The van der Waals surface area contributed by atoms with Crippen LogP contribution in [0.25, 0.3) is 33.9 Å². The lowest BCUT2D eigenvalue weighted by Crippen LogP contribution is -2.10. The van der Waals surface area contributed by atoms with Crippen LogP contribution in [0.15, 0.2) is 87.7 Å². The van der Waals surface area contributed by atoms with Crippen molar-refractivity contribution in [2.24, 2.45) is 0 Å². The molecule has 0 atom stereocenters. The Labute approximate surface area is 187 Å². The van der Waals surface area contributed by atoms with E-state index in [4.69, 9.17) is 8.83 Å². The molecule has 0 fully saturated rings. The van der Waals surface area contributed by atoms with Crippen molar-refractivity contribution < 1.29 is 18.6 Å². The van der Waals surface area contributed by atoms with Crippen LogP contribution in [0.1, 0.15) is 16.1 Å². The fourth-order valence-corrected chi connectivity index (χ4v) is 3.47. The number of amides is 1. The van der Waals surface area contributed by atoms with Crippen LogP contribution in [-0.2, 0) is 0 Å². The highest BCUT2D eigenvalue weighted by Crippen LogP contribution is 2.28. The highest BCUT2D eigenvalue weighted by atomic mass is 16.6. The van der Waals surface area contributed by atoms with E-state index in [2.05, 4.69) is 10.3 Å². The molecule has 0 aliphatic carbocycles. The van der Waals surface area contributed by atoms with E-state index in [1.165, 1.54) is 18.2 Å². The minimum absolute atomic E-state index is 0.0546. The average Bonchev–Trinajstić information content (AvgIpc) is 3.47. The molecule has 0 bridgehead atoms. The number of rotatable bonds is 5. The number of nitrogens with one attached hydrogen (secondary N) is 1. The smallest absolute Gasteiger partial charge is 0.291 e. The summed E-state index contributed by atoms with van der Waals surface area (Å²) in [7, 11) is 0. The maximum atomic E-state index is 12.7. The fourth-order valence-electron chi connectivity index (χ4n) is 3.47. The summed E-state index contributed by atoms with van der Waals surface area (Å²) >= 11 is 0. The standard InChI is InChI=1S/C25H17N3O5/c1-15-8-9-22-20(12-15)27-25(33-22)17-5-2-6-18(13-17)26-24(29)23-11-10-21(32-23)16-4-3-7-19(14-16)28(30)31/h2-14H,1H3,(H,26,29). The zero-order chi connectivity index (χ0) is 22.9. The van der Waals surface area contributed by atoms with E-state index in [-0.39, 0.29) is 11.4 Å². The number of furan rings is 1. The molecule has 8 nitrogen and oxygen atoms in total. The largest absolute Gasteiger partial charge is 0.451 e. The Morgan fingerprint density at radius 2 is 1.76 bits per heavy atom. The number of aryl methyl sites for hydroxylation is 1. The van der Waals surface area contributed by atoms with Crippen LogP contribution in [0.5, 0.6) is 0 Å². The summed E-state index contributed by atoms with van der Waals surface area (Å²) in [6.45, 7) is 1.99. The number of hydrogen-bond donors (Lipinski definition) is 1. The first-order chi connectivity index (χ1) is 16.0. The summed E-state index contributed by atoms with van der Waals surface area (Å²) in [6, 6.07) is 22.1. The number of nitrogens with zero attached hydrogens (tertiary/aromatic N) is 2. The molecule has 3 aromatic carbocycles. The lowest BCUT2D eigenvalue weighted by molar-refractivity contribution is -0.384. The van der Waals surface area contributed by atoms with Crippen LogP contribution in [0.3, 0.4) is 0 Å². The van der Waals surface area contributed by atoms with Gasteiger partial charge in [0, 0.05) is 28.9 Å². The normalized spacial score (nSPS) is 10.9. The summed E-state index contributed by atoms with van der Waals surface area (Å²) in [6.07, 6.45) is 0. The van der Waals surface area contributed by atoms with Crippen LogP contribution in [0.4, 0.5) is 11.4 Å². The Bertz CT molecular complexity index is 1520. The van der Waals surface area contributed by atoms with Gasteiger partial charge in [-0.05, 0) is 55.0 Å². The predicted molar refractivity (Wildman–Crippen MR) is 123 cm³/mol. The van der Waals surface area contributed by atoms with Crippen LogP contribution in [0.2, 0.25) is 0 Å². The second kappa shape index (κ2) is 8.08. The number of nitro benzene ring substituents is 1. The average molecular weight is 439 g/mol. The molecular formula is C25H17N3O5. The van der Waals surface area contributed by atoms with Crippen molar-refractivity contribution in [3.8, 4) is 22.8 Å². The molecular weight excluding hydrogens is 422 g/mol. The monoisotopic (exact) mass is 439 g/mol. The number of non-ortho nitro benzene ring substituents is 1. The molecule has 0 aliphatic rings. The lowest BCUT2D eigenvalue weighted by Gasteiger charge is -2.04. The molecule has 1 amide bonds. The van der Waals surface area contributed by atoms with E-state index < -0.39 is 10.8 Å². The van der Waals surface area contributed by atoms with Gasteiger partial charge in [-0.2, -0.15) is 0 Å². The highest BCUT2D eigenvalue weighted by Gasteiger charge is 2.15. The van der Waals surface area contributed by atoms with Gasteiger partial charge in [-0.15, -0.1) is 0 Å². The minimum atomic E-state index is -0.481. The molecule has 2 heterocycles. The van der Waals surface area contributed by atoms with E-state index in [0.29, 0.717) is 28.5 Å². The van der Waals surface area contributed by atoms with E-state index in [0.717, 1.165) is 16.6 Å². The second-order valence-electron chi connectivity index (χ2n) is 7.50. The van der Waals surface area contributed by atoms with Crippen LogP contribution in [0, 0.1) is 17.0 Å². The highest BCUT2D eigenvalue weighted by molar-refractivity contribution is 6.02. The molecule has 5 aromatic rings. The first-order valence-electron chi connectivity index (χ1n) is 10.1. The van der Waals surface area contributed by atoms with Gasteiger partial charge in [-0.3, -0.25) is 14.9 Å². The number of nitro groups is 1. The number of aromatic nitrogens is 1. The van der Waals surface area contributed by atoms with Gasteiger partial charge in [-0.25, -0.2) is 4.98 Å². The topological polar surface area (TPSA) is 111 Å². The molecule has 2 aromatic heterocycles. The van der Waals surface area contributed by atoms with Crippen molar-refractivity contribution in [2.75, 3.05) is 5.32 Å². The van der Waals surface area contributed by atoms with Gasteiger partial charge >= 0.3 is 0 Å². The molecule has 0 radical (unpaired) electrons. The Kier molecular flexibility index (Phi) is 4.95. The zero-order valence-electron chi connectivity index (χ0n) is 17.4. The van der Waals surface area contributed by atoms with Crippen molar-refractivity contribution >= 4 is 28.4 Å². The number of fused-ring (bicyclic) bond motifs is 1. The predicted octanol–water partition coefficient (Wildman–Crippen LogP) is 6.22. The van der Waals surface area contributed by atoms with Crippen LogP contribution < -0.4 is 5.32 Å². The molecule has 5 rings (SSSR count). The van der Waals surface area contributed by atoms with Gasteiger partial charge in [0.05, 0.1) is 4.92 Å². The van der Waals surface area contributed by atoms with Crippen molar-refractivity contribution in [1.29, 1.82) is 0 Å². The molecule has 0 unspecified atom stereocenters. The van der Waals surface area contributed by atoms with Crippen molar-refractivity contribution in [2.45, 2.75) is 6.92 Å². The fraction of sp³-hybridized carbons (Fsp3) is 0.0400. The molecule has 33 heavy (non-hydrogen) atoms. The van der Waals surface area contributed by atoms with Gasteiger partial charge in [0.15, 0.2) is 11.3 Å². The van der Waals surface area contributed by atoms with Crippen molar-refractivity contribution in [3.05, 3.63) is 100 Å². The Hall–Kier alpha value is -4.72. The molecule has 0 aliphatic heterocycles. The number of benzene rings is 3. The van der Waals surface area contributed by atoms with E-state index >= 15 is 0 Å². The quantitative estimate of drug-likeness (QED) is 0.257. The third-order valence-corrected chi connectivity index (χ3v) is 5.08. The van der Waals surface area contributed by atoms with E-state index in [9.17, 15) is 14.9 Å². The van der Waals surface area contributed by atoms with E-state index in [1.54, 1.807) is 36.4 Å². The van der Waals surface area contributed by atoms with Gasteiger partial charge in [0.2, 0.25) is 5.89 Å². The molecule has 0 saturated heterocycles. The molecule has 8 heteroatoms. The van der Waals surface area contributed by atoms with Crippen LogP contribution in [-0.4, -0.2) is 15.8 Å².